The lowest BCUT2D eigenvalue weighted by Gasteiger charge is -2.17. The fourth-order valence-electron chi connectivity index (χ4n) is 3.10. The molecule has 2 aromatic rings. The molecule has 1 aromatic carbocycles. The molecule has 0 unspecified atom stereocenters. The van der Waals surface area contributed by atoms with Gasteiger partial charge in [0.2, 0.25) is 0 Å². The van der Waals surface area contributed by atoms with E-state index in [-0.39, 0.29) is 11.3 Å². The second-order valence-electron chi connectivity index (χ2n) is 6.30. The van der Waals surface area contributed by atoms with E-state index in [2.05, 4.69) is 9.88 Å². The molecule has 0 aliphatic carbocycles. The lowest BCUT2D eigenvalue weighted by atomic mass is 10.2. The number of rotatable bonds is 3. The number of amides is 2. The number of imide groups is 1. The Kier molecular flexibility index (Phi) is 4.23. The van der Waals surface area contributed by atoms with Gasteiger partial charge < -0.3 is 14.7 Å². The van der Waals surface area contributed by atoms with E-state index >= 15 is 0 Å². The maximum atomic E-state index is 13.4. The van der Waals surface area contributed by atoms with Crippen LogP contribution in [0.1, 0.15) is 18.4 Å². The number of cyclic esters (lactones) is 1. The number of hydrogen-bond donors (Lipinski definition) is 1. The molecule has 2 saturated heterocycles. The zero-order valence-electron chi connectivity index (χ0n) is 14.3. The maximum Gasteiger partial charge on any atom is 0.427 e. The van der Waals surface area contributed by atoms with Crippen LogP contribution in [0.15, 0.2) is 42.3 Å². The molecule has 7 nitrogen and oxygen atoms in total. The van der Waals surface area contributed by atoms with Crippen molar-refractivity contribution in [3.8, 4) is 5.75 Å². The van der Waals surface area contributed by atoms with E-state index in [1.807, 2.05) is 0 Å². The highest BCUT2D eigenvalue weighted by Crippen LogP contribution is 2.28. The second kappa shape index (κ2) is 6.71. The summed E-state index contributed by atoms with van der Waals surface area (Å²) in [5.74, 6) is -1.43. The first kappa shape index (κ1) is 17.0. The molecule has 8 heteroatoms. The molecule has 2 aliphatic heterocycles. The Labute approximate surface area is 154 Å². The van der Waals surface area contributed by atoms with E-state index in [9.17, 15) is 19.1 Å². The minimum absolute atomic E-state index is 0.228. The molecule has 0 spiro atoms. The third kappa shape index (κ3) is 3.21. The van der Waals surface area contributed by atoms with Gasteiger partial charge in [0.15, 0.2) is 17.3 Å². The number of halogens is 1. The monoisotopic (exact) mass is 369 g/mol. The molecule has 2 fully saturated rings. The minimum Gasteiger partial charge on any atom is -0.505 e. The van der Waals surface area contributed by atoms with Crippen LogP contribution in [0, 0.1) is 5.82 Å². The van der Waals surface area contributed by atoms with Gasteiger partial charge in [-0.2, -0.15) is 0 Å². The Bertz CT molecular complexity index is 936. The fourth-order valence-corrected chi connectivity index (χ4v) is 3.10. The van der Waals surface area contributed by atoms with Gasteiger partial charge in [-0.3, -0.25) is 4.79 Å². The Morgan fingerprint density at radius 3 is 2.59 bits per heavy atom. The molecular formula is C19H16FN3O4. The van der Waals surface area contributed by atoms with Gasteiger partial charge in [0.05, 0.1) is 11.9 Å². The zero-order valence-corrected chi connectivity index (χ0v) is 14.3. The Hall–Kier alpha value is -3.42. The van der Waals surface area contributed by atoms with Crippen LogP contribution < -0.4 is 9.80 Å². The summed E-state index contributed by atoms with van der Waals surface area (Å²) in [6, 6.07) is 7.00. The number of ether oxygens (including phenoxy) is 1. The van der Waals surface area contributed by atoms with Crippen LogP contribution >= 0.6 is 0 Å². The predicted molar refractivity (Wildman–Crippen MR) is 95.7 cm³/mol. The number of phenolic OH excluding ortho intramolecular Hbond substituents is 1. The van der Waals surface area contributed by atoms with Crippen molar-refractivity contribution in [3.05, 3.63) is 53.7 Å². The number of aromatic nitrogens is 1. The molecular weight excluding hydrogens is 353 g/mol. The lowest BCUT2D eigenvalue weighted by Crippen LogP contribution is -2.28. The first-order valence-corrected chi connectivity index (χ1v) is 8.50. The van der Waals surface area contributed by atoms with Crippen molar-refractivity contribution in [1.29, 1.82) is 0 Å². The van der Waals surface area contributed by atoms with Gasteiger partial charge in [-0.25, -0.2) is 19.1 Å². The topological polar surface area (TPSA) is 83.0 Å². The molecule has 1 aromatic heterocycles. The number of pyridine rings is 1. The van der Waals surface area contributed by atoms with Crippen molar-refractivity contribution in [2.75, 3.05) is 22.9 Å². The number of nitrogens with zero attached hydrogens (tertiary/aromatic N) is 3. The zero-order chi connectivity index (χ0) is 19.0. The van der Waals surface area contributed by atoms with E-state index in [1.54, 1.807) is 12.1 Å². The molecule has 27 heavy (non-hydrogen) atoms. The number of carbonyl (C=O) groups excluding carboxylic acids is 2. The number of hydrogen-bond acceptors (Lipinski definition) is 6. The highest BCUT2D eigenvalue weighted by molar-refractivity contribution is 6.24. The molecule has 0 saturated carbocycles. The molecule has 3 heterocycles. The highest BCUT2D eigenvalue weighted by Gasteiger charge is 2.38. The van der Waals surface area contributed by atoms with Crippen LogP contribution in [0.5, 0.6) is 5.75 Å². The Morgan fingerprint density at radius 1 is 1.15 bits per heavy atom. The normalized spacial score (nSPS) is 18.5. The smallest absolute Gasteiger partial charge is 0.427 e. The van der Waals surface area contributed by atoms with Gasteiger partial charge in [-0.05, 0) is 48.7 Å². The van der Waals surface area contributed by atoms with Gasteiger partial charge in [0.1, 0.15) is 5.82 Å². The summed E-state index contributed by atoms with van der Waals surface area (Å²) in [7, 11) is 0. The summed E-state index contributed by atoms with van der Waals surface area (Å²) in [6.45, 7) is 1.88. The number of benzene rings is 1. The molecule has 2 amide bonds. The van der Waals surface area contributed by atoms with Crippen LogP contribution in [0.25, 0.3) is 6.08 Å². The van der Waals surface area contributed by atoms with E-state index in [1.165, 1.54) is 18.3 Å². The second-order valence-corrected chi connectivity index (χ2v) is 6.30. The first-order valence-electron chi connectivity index (χ1n) is 8.50. The predicted octanol–water partition coefficient (Wildman–Crippen LogP) is 3.05. The van der Waals surface area contributed by atoms with Crippen LogP contribution in [0.4, 0.5) is 20.7 Å². The largest absolute Gasteiger partial charge is 0.505 e. The van der Waals surface area contributed by atoms with Gasteiger partial charge >= 0.3 is 12.0 Å². The standard InChI is InChI=1S/C19H16FN3O4/c20-14-9-12(3-5-15(14)24)10-16-18(25)23(19(26)27-16)13-4-6-17(21-11-13)22-7-1-2-8-22/h3-6,9-11,24H,1-2,7-8H2/b16-10+. The van der Waals surface area contributed by atoms with E-state index in [4.69, 9.17) is 4.74 Å². The maximum absolute atomic E-state index is 13.4. The van der Waals surface area contributed by atoms with E-state index < -0.39 is 23.6 Å². The molecule has 0 atom stereocenters. The number of anilines is 2. The van der Waals surface area contributed by atoms with Crippen molar-refractivity contribution in [2.45, 2.75) is 12.8 Å². The number of aromatic hydroxyl groups is 1. The van der Waals surface area contributed by atoms with Gasteiger partial charge in [0.25, 0.3) is 0 Å². The van der Waals surface area contributed by atoms with E-state index in [0.29, 0.717) is 5.69 Å². The third-order valence-electron chi connectivity index (χ3n) is 4.48. The Balaban J connectivity index is 1.57. The molecule has 2 aliphatic rings. The SMILES string of the molecule is O=C1O/C(=C/c2ccc(O)c(F)c2)C(=O)N1c1ccc(N2CCCC2)nc1. The summed E-state index contributed by atoms with van der Waals surface area (Å²) < 4.78 is 18.5. The minimum atomic E-state index is -0.846. The molecule has 1 N–H and O–H groups in total. The van der Waals surface area contributed by atoms with Crippen molar-refractivity contribution in [2.24, 2.45) is 0 Å². The molecule has 0 radical (unpaired) electrons. The summed E-state index contributed by atoms with van der Waals surface area (Å²) in [6.07, 6.45) is 4.09. The first-order chi connectivity index (χ1) is 13.0. The third-order valence-corrected chi connectivity index (χ3v) is 4.48. The van der Waals surface area contributed by atoms with Crippen LogP contribution in [-0.4, -0.2) is 35.2 Å². The molecule has 0 bridgehead atoms. The summed E-state index contributed by atoms with van der Waals surface area (Å²) in [4.78, 5) is 32.0. The van der Waals surface area contributed by atoms with Crippen molar-refractivity contribution < 1.29 is 23.8 Å². The summed E-state index contributed by atoms with van der Waals surface area (Å²) >= 11 is 0. The molecule has 138 valence electrons. The van der Waals surface area contributed by atoms with Crippen molar-refractivity contribution in [1.82, 2.24) is 4.98 Å². The number of carbonyl (C=O) groups is 2. The summed E-state index contributed by atoms with van der Waals surface area (Å²) in [5.41, 5.74) is 0.582. The van der Waals surface area contributed by atoms with Crippen LogP contribution in [-0.2, 0) is 9.53 Å². The molecule has 4 rings (SSSR count). The summed E-state index contributed by atoms with van der Waals surface area (Å²) in [5, 5.41) is 9.22. The Morgan fingerprint density at radius 2 is 1.93 bits per heavy atom. The van der Waals surface area contributed by atoms with E-state index in [0.717, 1.165) is 48.8 Å². The average Bonchev–Trinajstić information content (AvgIpc) is 3.28. The number of phenols is 1. The average molecular weight is 369 g/mol. The highest BCUT2D eigenvalue weighted by atomic mass is 19.1. The lowest BCUT2D eigenvalue weighted by molar-refractivity contribution is -0.114. The van der Waals surface area contributed by atoms with Crippen LogP contribution in [0.2, 0.25) is 0 Å². The fraction of sp³-hybridized carbons (Fsp3) is 0.211. The van der Waals surface area contributed by atoms with Gasteiger partial charge in [-0.15, -0.1) is 0 Å². The van der Waals surface area contributed by atoms with Crippen LogP contribution in [0.3, 0.4) is 0 Å². The van der Waals surface area contributed by atoms with Gasteiger partial charge in [0, 0.05) is 13.1 Å². The van der Waals surface area contributed by atoms with Crippen molar-refractivity contribution in [3.63, 3.8) is 0 Å². The van der Waals surface area contributed by atoms with Gasteiger partial charge in [-0.1, -0.05) is 6.07 Å². The quantitative estimate of drug-likeness (QED) is 0.838. The van der Waals surface area contributed by atoms with Crippen molar-refractivity contribution >= 4 is 29.6 Å².